The number of aromatic amines is 1. The third kappa shape index (κ3) is 3.13. The van der Waals surface area contributed by atoms with Crippen LogP contribution in [0, 0.1) is 0 Å². The van der Waals surface area contributed by atoms with Crippen molar-refractivity contribution in [2.45, 2.75) is 17.2 Å². The van der Waals surface area contributed by atoms with E-state index in [1.165, 1.54) is 17.7 Å². The Morgan fingerprint density at radius 3 is 2.94 bits per heavy atom. The SMILES string of the molecule is NCCc1ccc(S(=O)(=O)NCc2ncn[nH]2)s1. The van der Waals surface area contributed by atoms with Gasteiger partial charge in [-0.2, -0.15) is 5.10 Å². The van der Waals surface area contributed by atoms with Crippen molar-refractivity contribution in [3.05, 3.63) is 29.2 Å². The molecule has 2 aromatic rings. The van der Waals surface area contributed by atoms with Gasteiger partial charge in [0, 0.05) is 4.88 Å². The van der Waals surface area contributed by atoms with Gasteiger partial charge < -0.3 is 5.73 Å². The predicted octanol–water partition coefficient (Wildman–Crippen LogP) is -0.154. The van der Waals surface area contributed by atoms with Gasteiger partial charge in [0.25, 0.3) is 0 Å². The molecule has 0 aliphatic carbocycles. The maximum absolute atomic E-state index is 12.0. The molecule has 7 nitrogen and oxygen atoms in total. The molecule has 2 heterocycles. The molecule has 9 heteroatoms. The molecule has 0 fully saturated rings. The molecule has 0 aliphatic heterocycles. The average molecular weight is 287 g/mol. The highest BCUT2D eigenvalue weighted by atomic mass is 32.2. The molecule has 0 aromatic carbocycles. The summed E-state index contributed by atoms with van der Waals surface area (Å²) in [5.41, 5.74) is 5.42. The minimum absolute atomic E-state index is 0.0897. The topological polar surface area (TPSA) is 114 Å². The maximum Gasteiger partial charge on any atom is 0.250 e. The van der Waals surface area contributed by atoms with Crippen LogP contribution in [0.25, 0.3) is 0 Å². The quantitative estimate of drug-likeness (QED) is 0.683. The lowest BCUT2D eigenvalue weighted by Gasteiger charge is -2.01. The predicted molar refractivity (Wildman–Crippen MR) is 67.5 cm³/mol. The molecule has 18 heavy (non-hydrogen) atoms. The number of hydrogen-bond acceptors (Lipinski definition) is 6. The highest BCUT2D eigenvalue weighted by Gasteiger charge is 2.16. The Bertz CT molecular complexity index is 590. The summed E-state index contributed by atoms with van der Waals surface area (Å²) in [5.74, 6) is 0.470. The molecule has 0 spiro atoms. The molecular weight excluding hydrogens is 274 g/mol. The highest BCUT2D eigenvalue weighted by Crippen LogP contribution is 2.21. The van der Waals surface area contributed by atoms with Crippen LogP contribution in [0.5, 0.6) is 0 Å². The highest BCUT2D eigenvalue weighted by molar-refractivity contribution is 7.91. The zero-order chi connectivity index (χ0) is 13.0. The number of aromatic nitrogens is 3. The number of sulfonamides is 1. The minimum Gasteiger partial charge on any atom is -0.330 e. The summed E-state index contributed by atoms with van der Waals surface area (Å²) >= 11 is 1.22. The normalized spacial score (nSPS) is 11.8. The van der Waals surface area contributed by atoms with Crippen molar-refractivity contribution in [3.8, 4) is 0 Å². The largest absolute Gasteiger partial charge is 0.330 e. The zero-order valence-electron chi connectivity index (χ0n) is 9.46. The third-order valence-corrected chi connectivity index (χ3v) is 5.23. The monoisotopic (exact) mass is 287 g/mol. The molecular formula is C9H13N5O2S2. The summed E-state index contributed by atoms with van der Waals surface area (Å²) in [6, 6.07) is 3.36. The lowest BCUT2D eigenvalue weighted by molar-refractivity contribution is 0.581. The van der Waals surface area contributed by atoms with Crippen LogP contribution in [-0.2, 0) is 23.0 Å². The zero-order valence-corrected chi connectivity index (χ0v) is 11.1. The van der Waals surface area contributed by atoms with Gasteiger partial charge in [-0.05, 0) is 25.1 Å². The van der Waals surface area contributed by atoms with E-state index in [2.05, 4.69) is 19.9 Å². The number of hydrogen-bond donors (Lipinski definition) is 3. The summed E-state index contributed by atoms with van der Waals surface area (Å²) < 4.78 is 26.6. The molecule has 0 bridgehead atoms. The van der Waals surface area contributed by atoms with Crippen molar-refractivity contribution < 1.29 is 8.42 Å². The smallest absolute Gasteiger partial charge is 0.250 e. The van der Waals surface area contributed by atoms with E-state index in [0.29, 0.717) is 18.8 Å². The van der Waals surface area contributed by atoms with Gasteiger partial charge in [-0.1, -0.05) is 0 Å². The summed E-state index contributed by atoms with van der Waals surface area (Å²) in [6.07, 6.45) is 2.01. The fourth-order valence-electron chi connectivity index (χ4n) is 1.33. The third-order valence-electron chi connectivity index (χ3n) is 2.19. The number of nitrogens with one attached hydrogen (secondary N) is 2. The van der Waals surface area contributed by atoms with Crippen LogP contribution in [-0.4, -0.2) is 30.1 Å². The Labute approximate surface area is 108 Å². The summed E-state index contributed by atoms with van der Waals surface area (Å²) in [5, 5.41) is 6.23. The molecule has 0 atom stereocenters. The molecule has 2 aromatic heterocycles. The maximum atomic E-state index is 12.0. The van der Waals surface area contributed by atoms with Gasteiger partial charge in [-0.25, -0.2) is 18.1 Å². The van der Waals surface area contributed by atoms with Gasteiger partial charge in [0.15, 0.2) is 0 Å². The Morgan fingerprint density at radius 2 is 2.28 bits per heavy atom. The number of rotatable bonds is 6. The van der Waals surface area contributed by atoms with E-state index in [1.54, 1.807) is 12.1 Å². The van der Waals surface area contributed by atoms with Gasteiger partial charge in [-0.3, -0.25) is 5.10 Å². The first-order valence-corrected chi connectivity index (χ1v) is 7.54. The van der Waals surface area contributed by atoms with Crippen LogP contribution in [0.3, 0.4) is 0 Å². The van der Waals surface area contributed by atoms with Crippen LogP contribution < -0.4 is 10.5 Å². The first-order chi connectivity index (χ1) is 8.62. The lowest BCUT2D eigenvalue weighted by atomic mass is 10.3. The van der Waals surface area contributed by atoms with E-state index in [-0.39, 0.29) is 10.8 Å². The molecule has 0 aliphatic rings. The first-order valence-electron chi connectivity index (χ1n) is 5.24. The van der Waals surface area contributed by atoms with Crippen LogP contribution in [0.2, 0.25) is 0 Å². The van der Waals surface area contributed by atoms with Crippen molar-refractivity contribution in [2.24, 2.45) is 5.73 Å². The lowest BCUT2D eigenvalue weighted by Crippen LogP contribution is -2.23. The fraction of sp³-hybridized carbons (Fsp3) is 0.333. The summed E-state index contributed by atoms with van der Waals surface area (Å²) in [4.78, 5) is 4.80. The Hall–Kier alpha value is -1.29. The van der Waals surface area contributed by atoms with Gasteiger partial charge in [0.2, 0.25) is 10.0 Å². The van der Waals surface area contributed by atoms with E-state index in [1.807, 2.05) is 0 Å². The molecule has 0 saturated heterocycles. The minimum atomic E-state index is -3.49. The molecule has 0 saturated carbocycles. The molecule has 0 amide bonds. The molecule has 0 radical (unpaired) electrons. The van der Waals surface area contributed by atoms with Crippen LogP contribution >= 0.6 is 11.3 Å². The standard InChI is InChI=1S/C9H13N5O2S2/c10-4-3-7-1-2-9(17-7)18(15,16)13-5-8-11-6-12-14-8/h1-2,6,13H,3-5,10H2,(H,11,12,14). The first kappa shape index (κ1) is 13.1. The van der Waals surface area contributed by atoms with Gasteiger partial charge >= 0.3 is 0 Å². The second kappa shape index (κ2) is 5.57. The van der Waals surface area contributed by atoms with E-state index >= 15 is 0 Å². The molecule has 98 valence electrons. The number of H-pyrrole nitrogens is 1. The Morgan fingerprint density at radius 1 is 1.44 bits per heavy atom. The molecule has 0 unspecified atom stereocenters. The van der Waals surface area contributed by atoms with Crippen molar-refractivity contribution in [1.29, 1.82) is 0 Å². The van der Waals surface area contributed by atoms with Gasteiger partial charge in [0.1, 0.15) is 16.4 Å². The van der Waals surface area contributed by atoms with Crippen molar-refractivity contribution in [2.75, 3.05) is 6.54 Å². The second-order valence-corrected chi connectivity index (χ2v) is 6.68. The number of thiophene rings is 1. The Kier molecular flexibility index (Phi) is 4.07. The summed E-state index contributed by atoms with van der Waals surface area (Å²) in [6.45, 7) is 0.595. The van der Waals surface area contributed by atoms with Crippen molar-refractivity contribution in [1.82, 2.24) is 19.9 Å². The van der Waals surface area contributed by atoms with Crippen LogP contribution in [0.1, 0.15) is 10.7 Å². The van der Waals surface area contributed by atoms with Gasteiger partial charge in [-0.15, -0.1) is 11.3 Å². The van der Waals surface area contributed by atoms with Crippen molar-refractivity contribution >= 4 is 21.4 Å². The molecule has 2 rings (SSSR count). The second-order valence-electron chi connectivity index (χ2n) is 3.52. The number of nitrogens with zero attached hydrogens (tertiary/aromatic N) is 2. The fourth-order valence-corrected chi connectivity index (χ4v) is 3.73. The van der Waals surface area contributed by atoms with Crippen LogP contribution in [0.4, 0.5) is 0 Å². The van der Waals surface area contributed by atoms with Crippen molar-refractivity contribution in [3.63, 3.8) is 0 Å². The average Bonchev–Trinajstić information content (AvgIpc) is 2.98. The van der Waals surface area contributed by atoms with E-state index in [0.717, 1.165) is 4.88 Å². The Balaban J connectivity index is 2.05. The number of nitrogens with two attached hydrogens (primary N) is 1. The van der Waals surface area contributed by atoms with E-state index in [9.17, 15) is 8.42 Å². The molecule has 4 N–H and O–H groups in total. The summed E-state index contributed by atoms with van der Waals surface area (Å²) in [7, 11) is -3.49. The van der Waals surface area contributed by atoms with Gasteiger partial charge in [0.05, 0.1) is 6.54 Å². The van der Waals surface area contributed by atoms with E-state index in [4.69, 9.17) is 5.73 Å². The van der Waals surface area contributed by atoms with Crippen LogP contribution in [0.15, 0.2) is 22.7 Å². The van der Waals surface area contributed by atoms with E-state index < -0.39 is 10.0 Å².